The average Bonchev–Trinajstić information content (AvgIpc) is 3.20. The van der Waals surface area contributed by atoms with E-state index in [1.165, 1.54) is 49.0 Å². The van der Waals surface area contributed by atoms with Gasteiger partial charge in [-0.1, -0.05) is 121 Å². The molecule has 51 heavy (non-hydrogen) atoms. The normalized spacial score (nSPS) is 12.6. The van der Waals surface area contributed by atoms with Crippen LogP contribution in [0, 0.1) is 0 Å². The van der Waals surface area contributed by atoms with Gasteiger partial charge >= 0.3 is 0 Å². The molecule has 3 heteroatoms. The Morgan fingerprint density at radius 1 is 0.275 bits per heavy atom. The Labute approximate surface area is 295 Å². The summed E-state index contributed by atoms with van der Waals surface area (Å²) in [6, 6.07) is 62.6. The molecule has 0 saturated heterocycles. The van der Waals surface area contributed by atoms with Crippen molar-refractivity contribution in [3.05, 3.63) is 176 Å². The van der Waals surface area contributed by atoms with Gasteiger partial charge in [-0.3, -0.25) is 4.90 Å². The Bertz CT molecular complexity index is 2780. The van der Waals surface area contributed by atoms with Crippen LogP contribution in [0.25, 0.3) is 65.7 Å². The van der Waals surface area contributed by atoms with Crippen molar-refractivity contribution >= 4 is 49.4 Å². The van der Waals surface area contributed by atoms with Crippen molar-refractivity contribution in [1.29, 1.82) is 0 Å². The number of hydrogen-bond acceptors (Lipinski definition) is 3. The Hall–Kier alpha value is -6.84. The number of ether oxygens (including phenoxy) is 2. The maximum absolute atomic E-state index is 6.54. The highest BCUT2D eigenvalue weighted by molar-refractivity contribution is 6.25. The van der Waals surface area contributed by atoms with Crippen LogP contribution in [0.2, 0.25) is 0 Å². The Morgan fingerprint density at radius 2 is 0.686 bits per heavy atom. The van der Waals surface area contributed by atoms with E-state index in [9.17, 15) is 0 Å². The fraction of sp³-hybridized carbons (Fsp3) is 0. The van der Waals surface area contributed by atoms with Crippen molar-refractivity contribution in [2.45, 2.75) is 0 Å². The van der Waals surface area contributed by atoms with Crippen LogP contribution in [0.15, 0.2) is 176 Å². The van der Waals surface area contributed by atoms with Crippen LogP contribution < -0.4 is 14.4 Å². The van der Waals surface area contributed by atoms with E-state index in [2.05, 4.69) is 144 Å². The van der Waals surface area contributed by atoms with Crippen LogP contribution in [0.3, 0.4) is 0 Å². The van der Waals surface area contributed by atoms with Gasteiger partial charge in [0.1, 0.15) is 5.69 Å². The molecule has 0 saturated carbocycles. The van der Waals surface area contributed by atoms with Crippen LogP contribution in [0.5, 0.6) is 23.0 Å². The van der Waals surface area contributed by atoms with Gasteiger partial charge in [0.2, 0.25) is 0 Å². The number of para-hydroxylation sites is 4. The number of hydrogen-bond donors (Lipinski definition) is 0. The Kier molecular flexibility index (Phi) is 5.96. The summed E-state index contributed by atoms with van der Waals surface area (Å²) in [7, 11) is 0. The van der Waals surface area contributed by atoms with Crippen molar-refractivity contribution in [2.75, 3.05) is 4.90 Å². The molecule has 9 aromatic rings. The van der Waals surface area contributed by atoms with Crippen LogP contribution in [0.1, 0.15) is 0 Å². The molecule has 0 spiro atoms. The van der Waals surface area contributed by atoms with Gasteiger partial charge in [-0.2, -0.15) is 0 Å². The molecular formula is C48H29NO2. The van der Waals surface area contributed by atoms with E-state index < -0.39 is 0 Å². The zero-order valence-corrected chi connectivity index (χ0v) is 27.5. The van der Waals surface area contributed by atoms with Gasteiger partial charge in [0.15, 0.2) is 23.0 Å². The van der Waals surface area contributed by atoms with Gasteiger partial charge in [0.25, 0.3) is 0 Å². The lowest BCUT2D eigenvalue weighted by molar-refractivity contribution is 0.446. The largest absolute Gasteiger partial charge is 0.453 e. The second-order valence-corrected chi connectivity index (χ2v) is 13.3. The van der Waals surface area contributed by atoms with Crippen molar-refractivity contribution in [2.24, 2.45) is 0 Å². The molecule has 0 bridgehead atoms. The minimum atomic E-state index is 0.778. The fourth-order valence-electron chi connectivity index (χ4n) is 8.03. The standard InChI is InChI=1S/C48H29NO2/c1-2-17-38-36(15-1)37-16-3-4-18-39(37)41-27-34(23-24-40(38)41)32-13-9-11-30(25-32)31-12-10-14-33(26-31)35-28-46-48-47(29-35)51-45-22-8-6-20-43(45)49(48)42-19-5-7-21-44(42)50-46/h1-29H. The summed E-state index contributed by atoms with van der Waals surface area (Å²) < 4.78 is 13.1. The first-order valence-corrected chi connectivity index (χ1v) is 17.3. The topological polar surface area (TPSA) is 21.7 Å². The molecule has 0 N–H and O–H groups in total. The summed E-state index contributed by atoms with van der Waals surface area (Å²) in [6.07, 6.45) is 0. The SMILES string of the molecule is c1cc(-c2cccc(-c3ccc4c5ccccc5c5ccccc5c4c3)c2)cc(-c2cc3c4c(c2)Oc2ccccc2N4c2ccccc2O3)c1. The van der Waals surface area contributed by atoms with E-state index in [1.54, 1.807) is 0 Å². The zero-order valence-electron chi connectivity index (χ0n) is 27.5. The highest BCUT2D eigenvalue weighted by Crippen LogP contribution is 2.60. The molecular weight excluding hydrogens is 623 g/mol. The maximum Gasteiger partial charge on any atom is 0.156 e. The molecule has 0 atom stereocenters. The van der Waals surface area contributed by atoms with Crippen molar-refractivity contribution in [3.8, 4) is 56.4 Å². The maximum atomic E-state index is 6.54. The van der Waals surface area contributed by atoms with E-state index >= 15 is 0 Å². The molecule has 0 aromatic heterocycles. The van der Waals surface area contributed by atoms with Gasteiger partial charge in [-0.25, -0.2) is 0 Å². The molecule has 0 amide bonds. The highest BCUT2D eigenvalue weighted by Gasteiger charge is 2.34. The molecule has 11 rings (SSSR count). The molecule has 9 aromatic carbocycles. The van der Waals surface area contributed by atoms with Crippen LogP contribution in [0.4, 0.5) is 17.1 Å². The van der Waals surface area contributed by atoms with Crippen LogP contribution >= 0.6 is 0 Å². The molecule has 0 unspecified atom stereocenters. The lowest BCUT2D eigenvalue weighted by Gasteiger charge is -2.38. The van der Waals surface area contributed by atoms with Crippen molar-refractivity contribution in [3.63, 3.8) is 0 Å². The minimum Gasteiger partial charge on any atom is -0.453 e. The van der Waals surface area contributed by atoms with Crippen molar-refractivity contribution in [1.82, 2.24) is 0 Å². The van der Waals surface area contributed by atoms with Crippen LogP contribution in [-0.2, 0) is 0 Å². The molecule has 0 fully saturated rings. The monoisotopic (exact) mass is 651 g/mol. The second kappa shape index (κ2) is 10.8. The third-order valence-corrected chi connectivity index (χ3v) is 10.4. The zero-order chi connectivity index (χ0) is 33.5. The summed E-state index contributed by atoms with van der Waals surface area (Å²) in [5.74, 6) is 3.20. The Balaban J connectivity index is 1.00. The van der Waals surface area contributed by atoms with Gasteiger partial charge < -0.3 is 9.47 Å². The lowest BCUT2D eigenvalue weighted by atomic mass is 9.91. The summed E-state index contributed by atoms with van der Waals surface area (Å²) in [4.78, 5) is 2.26. The fourth-order valence-corrected chi connectivity index (χ4v) is 8.03. The molecule has 0 aliphatic carbocycles. The highest BCUT2D eigenvalue weighted by atomic mass is 16.5. The molecule has 2 heterocycles. The van der Waals surface area contributed by atoms with Gasteiger partial charge in [-0.15, -0.1) is 0 Å². The molecule has 2 aliphatic rings. The second-order valence-electron chi connectivity index (χ2n) is 13.3. The number of fused-ring (bicyclic) bond motifs is 10. The smallest absolute Gasteiger partial charge is 0.156 e. The minimum absolute atomic E-state index is 0.778. The third-order valence-electron chi connectivity index (χ3n) is 10.4. The summed E-state index contributed by atoms with van der Waals surface area (Å²) in [5, 5.41) is 7.71. The molecule has 238 valence electrons. The molecule has 0 radical (unpaired) electrons. The van der Waals surface area contributed by atoms with Crippen molar-refractivity contribution < 1.29 is 9.47 Å². The quantitative estimate of drug-likeness (QED) is 0.177. The van der Waals surface area contributed by atoms with E-state index in [1.807, 2.05) is 36.4 Å². The van der Waals surface area contributed by atoms with E-state index in [0.717, 1.165) is 56.8 Å². The summed E-state index contributed by atoms with van der Waals surface area (Å²) >= 11 is 0. The first-order valence-electron chi connectivity index (χ1n) is 17.3. The summed E-state index contributed by atoms with van der Waals surface area (Å²) in [6.45, 7) is 0. The number of nitrogens with zero attached hydrogens (tertiary/aromatic N) is 1. The first-order chi connectivity index (χ1) is 25.3. The Morgan fingerprint density at radius 3 is 1.22 bits per heavy atom. The predicted molar refractivity (Wildman–Crippen MR) is 210 cm³/mol. The van der Waals surface area contributed by atoms with Gasteiger partial charge in [-0.05, 0) is 120 Å². The van der Waals surface area contributed by atoms with E-state index in [4.69, 9.17) is 9.47 Å². The van der Waals surface area contributed by atoms with Crippen LogP contribution in [-0.4, -0.2) is 0 Å². The predicted octanol–water partition coefficient (Wildman–Crippen LogP) is 13.8. The number of anilines is 3. The third kappa shape index (κ3) is 4.32. The van der Waals surface area contributed by atoms with Gasteiger partial charge in [0, 0.05) is 0 Å². The summed E-state index contributed by atoms with van der Waals surface area (Å²) in [5.41, 5.74) is 9.77. The average molecular weight is 652 g/mol. The van der Waals surface area contributed by atoms with E-state index in [0.29, 0.717) is 0 Å². The van der Waals surface area contributed by atoms with E-state index in [-0.39, 0.29) is 0 Å². The first kappa shape index (κ1) is 28.0. The number of rotatable bonds is 3. The number of benzene rings is 9. The van der Waals surface area contributed by atoms with Gasteiger partial charge in [0.05, 0.1) is 11.4 Å². The molecule has 2 aliphatic heterocycles. The lowest BCUT2D eigenvalue weighted by Crippen LogP contribution is -2.20. The molecule has 3 nitrogen and oxygen atoms in total.